The van der Waals surface area contributed by atoms with Crippen molar-refractivity contribution in [2.45, 2.75) is 20.0 Å². The molecule has 0 bridgehead atoms. The molecule has 1 heterocycles. The standard InChI is InChI=1S/C15H17NO2/c1-10-9-16-13(11(2)15(10)18-3)14(17)12-7-5-4-6-8-12/h4-9,14,17H,1-3H3. The van der Waals surface area contributed by atoms with E-state index in [-0.39, 0.29) is 0 Å². The smallest absolute Gasteiger partial charge is 0.128 e. The van der Waals surface area contributed by atoms with Gasteiger partial charge in [-0.1, -0.05) is 30.3 Å². The van der Waals surface area contributed by atoms with Gasteiger partial charge >= 0.3 is 0 Å². The number of nitrogens with zero attached hydrogens (tertiary/aromatic N) is 1. The van der Waals surface area contributed by atoms with Crippen LogP contribution in [0.25, 0.3) is 0 Å². The number of benzene rings is 1. The molecule has 3 nitrogen and oxygen atoms in total. The first-order valence-corrected chi connectivity index (χ1v) is 5.88. The molecule has 2 aromatic rings. The summed E-state index contributed by atoms with van der Waals surface area (Å²) < 4.78 is 5.35. The Morgan fingerprint density at radius 3 is 2.44 bits per heavy atom. The predicted molar refractivity (Wildman–Crippen MR) is 70.8 cm³/mol. The molecule has 0 saturated heterocycles. The average molecular weight is 243 g/mol. The Hall–Kier alpha value is -1.87. The Morgan fingerprint density at radius 2 is 1.83 bits per heavy atom. The van der Waals surface area contributed by atoms with E-state index in [2.05, 4.69) is 4.98 Å². The van der Waals surface area contributed by atoms with Gasteiger partial charge in [0.25, 0.3) is 0 Å². The first-order valence-electron chi connectivity index (χ1n) is 5.88. The molecular formula is C15H17NO2. The molecule has 0 radical (unpaired) electrons. The Labute approximate surface area is 107 Å². The summed E-state index contributed by atoms with van der Waals surface area (Å²) in [4.78, 5) is 4.33. The number of pyridine rings is 1. The molecule has 0 aliphatic carbocycles. The number of aromatic nitrogens is 1. The zero-order valence-corrected chi connectivity index (χ0v) is 10.8. The van der Waals surface area contributed by atoms with Crippen molar-refractivity contribution in [1.82, 2.24) is 4.98 Å². The second-order valence-electron chi connectivity index (χ2n) is 4.30. The lowest BCUT2D eigenvalue weighted by Crippen LogP contribution is -2.07. The summed E-state index contributed by atoms with van der Waals surface area (Å²) >= 11 is 0. The molecule has 0 amide bonds. The van der Waals surface area contributed by atoms with Gasteiger partial charge < -0.3 is 9.84 Å². The van der Waals surface area contributed by atoms with Crippen LogP contribution >= 0.6 is 0 Å². The summed E-state index contributed by atoms with van der Waals surface area (Å²) in [6.45, 7) is 3.86. The van der Waals surface area contributed by atoms with E-state index in [0.29, 0.717) is 5.69 Å². The SMILES string of the molecule is COc1c(C)cnc(C(O)c2ccccc2)c1C. The first-order chi connectivity index (χ1) is 8.65. The molecule has 94 valence electrons. The van der Waals surface area contributed by atoms with Crippen LogP contribution in [-0.2, 0) is 0 Å². The van der Waals surface area contributed by atoms with Crippen LogP contribution in [0.1, 0.15) is 28.5 Å². The third-order valence-corrected chi connectivity index (χ3v) is 3.06. The van der Waals surface area contributed by atoms with Gasteiger partial charge in [-0.2, -0.15) is 0 Å². The van der Waals surface area contributed by atoms with Crippen LogP contribution in [0.4, 0.5) is 0 Å². The third kappa shape index (κ3) is 2.22. The number of rotatable bonds is 3. The second kappa shape index (κ2) is 5.19. The molecule has 1 atom stereocenters. The van der Waals surface area contributed by atoms with Crippen molar-refractivity contribution in [2.75, 3.05) is 7.11 Å². The highest BCUT2D eigenvalue weighted by molar-refractivity contribution is 5.43. The van der Waals surface area contributed by atoms with E-state index in [0.717, 1.165) is 22.4 Å². The Bertz CT molecular complexity index is 538. The fourth-order valence-corrected chi connectivity index (χ4v) is 2.12. The lowest BCUT2D eigenvalue weighted by atomic mass is 10.0. The minimum atomic E-state index is -0.722. The van der Waals surface area contributed by atoms with E-state index in [1.807, 2.05) is 44.2 Å². The zero-order valence-electron chi connectivity index (χ0n) is 10.8. The van der Waals surface area contributed by atoms with Crippen LogP contribution in [-0.4, -0.2) is 17.2 Å². The summed E-state index contributed by atoms with van der Waals surface area (Å²) in [5, 5.41) is 10.4. The van der Waals surface area contributed by atoms with E-state index >= 15 is 0 Å². The minimum Gasteiger partial charge on any atom is -0.496 e. The quantitative estimate of drug-likeness (QED) is 0.901. The van der Waals surface area contributed by atoms with Gasteiger partial charge in [0.05, 0.1) is 12.8 Å². The highest BCUT2D eigenvalue weighted by atomic mass is 16.5. The molecule has 18 heavy (non-hydrogen) atoms. The van der Waals surface area contributed by atoms with Crippen LogP contribution in [0, 0.1) is 13.8 Å². The highest BCUT2D eigenvalue weighted by Crippen LogP contribution is 2.30. The highest BCUT2D eigenvalue weighted by Gasteiger charge is 2.17. The third-order valence-electron chi connectivity index (χ3n) is 3.06. The largest absolute Gasteiger partial charge is 0.496 e. The molecular weight excluding hydrogens is 226 g/mol. The van der Waals surface area contributed by atoms with Gasteiger partial charge in [0.15, 0.2) is 0 Å². The maximum Gasteiger partial charge on any atom is 0.128 e. The Kier molecular flexibility index (Phi) is 3.63. The Balaban J connectivity index is 2.46. The number of ether oxygens (including phenoxy) is 1. The summed E-state index contributed by atoms with van der Waals surface area (Å²) in [5.74, 6) is 0.787. The number of aliphatic hydroxyl groups excluding tert-OH is 1. The summed E-state index contributed by atoms with van der Waals surface area (Å²) in [5.41, 5.74) is 3.33. The number of aliphatic hydroxyl groups is 1. The monoisotopic (exact) mass is 243 g/mol. The summed E-state index contributed by atoms with van der Waals surface area (Å²) in [6, 6.07) is 9.50. The van der Waals surface area contributed by atoms with E-state index in [1.54, 1.807) is 13.3 Å². The minimum absolute atomic E-state index is 0.642. The fourth-order valence-electron chi connectivity index (χ4n) is 2.12. The molecule has 1 N–H and O–H groups in total. The predicted octanol–water partition coefficient (Wildman–Crippen LogP) is 2.79. The molecule has 3 heteroatoms. The normalized spacial score (nSPS) is 12.2. The molecule has 0 spiro atoms. The lowest BCUT2D eigenvalue weighted by Gasteiger charge is -2.16. The first kappa shape index (κ1) is 12.6. The van der Waals surface area contributed by atoms with Crippen molar-refractivity contribution in [3.8, 4) is 5.75 Å². The van der Waals surface area contributed by atoms with Gasteiger partial charge in [-0.05, 0) is 19.4 Å². The molecule has 2 rings (SSSR count). The number of hydrogen-bond acceptors (Lipinski definition) is 3. The molecule has 1 aromatic heterocycles. The van der Waals surface area contributed by atoms with E-state index in [9.17, 15) is 5.11 Å². The average Bonchev–Trinajstić information content (AvgIpc) is 2.40. The number of hydrogen-bond donors (Lipinski definition) is 1. The van der Waals surface area contributed by atoms with Crippen LogP contribution < -0.4 is 4.74 Å². The molecule has 0 aliphatic rings. The summed E-state index contributed by atoms with van der Waals surface area (Å²) in [6.07, 6.45) is 1.01. The van der Waals surface area contributed by atoms with Crippen LogP contribution in [0.2, 0.25) is 0 Å². The van der Waals surface area contributed by atoms with Crippen molar-refractivity contribution in [2.24, 2.45) is 0 Å². The molecule has 0 aliphatic heterocycles. The van der Waals surface area contributed by atoms with Crippen molar-refractivity contribution in [1.29, 1.82) is 0 Å². The van der Waals surface area contributed by atoms with E-state index in [1.165, 1.54) is 0 Å². The lowest BCUT2D eigenvalue weighted by molar-refractivity contribution is 0.213. The van der Waals surface area contributed by atoms with Gasteiger partial charge in [-0.25, -0.2) is 0 Å². The van der Waals surface area contributed by atoms with Crippen molar-refractivity contribution < 1.29 is 9.84 Å². The molecule has 0 fully saturated rings. The van der Waals surface area contributed by atoms with Crippen molar-refractivity contribution >= 4 is 0 Å². The summed E-state index contributed by atoms with van der Waals surface area (Å²) in [7, 11) is 1.63. The van der Waals surface area contributed by atoms with Gasteiger partial charge in [0, 0.05) is 17.3 Å². The number of aryl methyl sites for hydroxylation is 1. The second-order valence-corrected chi connectivity index (χ2v) is 4.30. The van der Waals surface area contributed by atoms with Gasteiger partial charge in [-0.15, -0.1) is 0 Å². The molecule has 1 unspecified atom stereocenters. The topological polar surface area (TPSA) is 42.4 Å². The van der Waals surface area contributed by atoms with Crippen molar-refractivity contribution in [3.05, 3.63) is 58.9 Å². The van der Waals surface area contributed by atoms with E-state index in [4.69, 9.17) is 4.74 Å². The zero-order chi connectivity index (χ0) is 13.1. The van der Waals surface area contributed by atoms with Gasteiger partial charge in [0.1, 0.15) is 11.9 Å². The van der Waals surface area contributed by atoms with Crippen LogP contribution in [0.15, 0.2) is 36.5 Å². The van der Waals surface area contributed by atoms with Crippen LogP contribution in [0.5, 0.6) is 5.75 Å². The maximum absolute atomic E-state index is 10.4. The number of methoxy groups -OCH3 is 1. The van der Waals surface area contributed by atoms with Crippen LogP contribution in [0.3, 0.4) is 0 Å². The van der Waals surface area contributed by atoms with Gasteiger partial charge in [0.2, 0.25) is 0 Å². The van der Waals surface area contributed by atoms with E-state index < -0.39 is 6.10 Å². The maximum atomic E-state index is 10.4. The fraction of sp³-hybridized carbons (Fsp3) is 0.267. The molecule has 1 aromatic carbocycles. The van der Waals surface area contributed by atoms with Gasteiger partial charge in [-0.3, -0.25) is 4.98 Å². The van der Waals surface area contributed by atoms with Crippen molar-refractivity contribution in [3.63, 3.8) is 0 Å². The molecule has 0 saturated carbocycles. The Morgan fingerprint density at radius 1 is 1.17 bits per heavy atom.